The number of fused-ring (bicyclic) bond motifs is 1. The van der Waals surface area contributed by atoms with E-state index in [0.29, 0.717) is 12.4 Å². The molecule has 0 atom stereocenters. The first kappa shape index (κ1) is 11.7. The van der Waals surface area contributed by atoms with Crippen LogP contribution in [0.15, 0.2) is 48.7 Å². The van der Waals surface area contributed by atoms with Gasteiger partial charge in [-0.1, -0.05) is 24.3 Å². The predicted octanol–water partition coefficient (Wildman–Crippen LogP) is 3.76. The molecular formula is C16H15NO2. The van der Waals surface area contributed by atoms with Crippen LogP contribution in [0.5, 0.6) is 11.5 Å². The molecule has 0 radical (unpaired) electrons. The van der Waals surface area contributed by atoms with Crippen LogP contribution in [0.3, 0.4) is 0 Å². The van der Waals surface area contributed by atoms with Crippen LogP contribution in [0.4, 0.5) is 0 Å². The number of nitrogens with one attached hydrogen (secondary N) is 1. The van der Waals surface area contributed by atoms with Gasteiger partial charge < -0.3 is 14.8 Å². The molecule has 0 aliphatic heterocycles. The van der Waals surface area contributed by atoms with Crippen molar-refractivity contribution in [3.05, 3.63) is 59.8 Å². The van der Waals surface area contributed by atoms with Crippen LogP contribution in [-0.2, 0) is 6.61 Å². The lowest BCUT2D eigenvalue weighted by molar-refractivity contribution is 0.290. The van der Waals surface area contributed by atoms with Crippen molar-refractivity contribution in [3.8, 4) is 11.5 Å². The van der Waals surface area contributed by atoms with Crippen molar-refractivity contribution in [1.82, 2.24) is 4.98 Å². The van der Waals surface area contributed by atoms with Crippen LogP contribution in [0.1, 0.15) is 11.1 Å². The molecule has 3 heteroatoms. The van der Waals surface area contributed by atoms with Gasteiger partial charge in [0, 0.05) is 22.7 Å². The lowest BCUT2D eigenvalue weighted by atomic mass is 10.1. The third kappa shape index (κ3) is 2.27. The second-order valence-corrected chi connectivity index (χ2v) is 4.62. The number of rotatable bonds is 3. The smallest absolute Gasteiger partial charge is 0.161 e. The minimum Gasteiger partial charge on any atom is -0.504 e. The van der Waals surface area contributed by atoms with Gasteiger partial charge in [0.1, 0.15) is 6.61 Å². The van der Waals surface area contributed by atoms with Gasteiger partial charge >= 0.3 is 0 Å². The number of hydrogen-bond donors (Lipinski definition) is 2. The molecule has 1 heterocycles. The normalized spacial score (nSPS) is 10.8. The number of aryl methyl sites for hydroxylation is 1. The number of aromatic amines is 1. The fraction of sp³-hybridized carbons (Fsp3) is 0.125. The molecule has 0 aliphatic carbocycles. The Morgan fingerprint density at radius 2 is 2.00 bits per heavy atom. The van der Waals surface area contributed by atoms with Crippen LogP contribution in [0.25, 0.3) is 10.9 Å². The zero-order chi connectivity index (χ0) is 13.2. The number of phenols is 1. The van der Waals surface area contributed by atoms with Crippen LogP contribution >= 0.6 is 0 Å². The van der Waals surface area contributed by atoms with Gasteiger partial charge in [-0.2, -0.15) is 0 Å². The maximum Gasteiger partial charge on any atom is 0.161 e. The van der Waals surface area contributed by atoms with Crippen LogP contribution in [0.2, 0.25) is 0 Å². The molecule has 2 aromatic carbocycles. The maximum absolute atomic E-state index is 9.66. The predicted molar refractivity (Wildman–Crippen MR) is 75.5 cm³/mol. The molecule has 3 nitrogen and oxygen atoms in total. The highest BCUT2D eigenvalue weighted by atomic mass is 16.5. The summed E-state index contributed by atoms with van der Waals surface area (Å²) in [7, 11) is 0. The summed E-state index contributed by atoms with van der Waals surface area (Å²) < 4.78 is 5.65. The minimum atomic E-state index is 0.165. The third-order valence-electron chi connectivity index (χ3n) is 3.17. The first-order chi connectivity index (χ1) is 9.24. The van der Waals surface area contributed by atoms with Crippen molar-refractivity contribution >= 4 is 10.9 Å². The monoisotopic (exact) mass is 253 g/mol. The molecule has 1 aromatic heterocycles. The first-order valence-electron chi connectivity index (χ1n) is 6.21. The van der Waals surface area contributed by atoms with Crippen molar-refractivity contribution in [2.24, 2.45) is 0 Å². The van der Waals surface area contributed by atoms with Crippen LogP contribution in [0, 0.1) is 6.92 Å². The molecule has 0 saturated heterocycles. The molecule has 0 amide bonds. The first-order valence-corrected chi connectivity index (χ1v) is 6.21. The molecule has 0 bridgehead atoms. The van der Waals surface area contributed by atoms with E-state index < -0.39 is 0 Å². The third-order valence-corrected chi connectivity index (χ3v) is 3.17. The summed E-state index contributed by atoms with van der Waals surface area (Å²) in [6.07, 6.45) is 1.95. The molecule has 0 fully saturated rings. The van der Waals surface area contributed by atoms with E-state index in [4.69, 9.17) is 4.74 Å². The number of hydrogen-bond acceptors (Lipinski definition) is 2. The number of H-pyrrole nitrogens is 1. The highest BCUT2D eigenvalue weighted by molar-refractivity contribution is 5.83. The van der Waals surface area contributed by atoms with Gasteiger partial charge in [0.15, 0.2) is 11.5 Å². The van der Waals surface area contributed by atoms with Crippen molar-refractivity contribution in [1.29, 1.82) is 0 Å². The molecule has 96 valence electrons. The van der Waals surface area contributed by atoms with Gasteiger partial charge in [-0.15, -0.1) is 0 Å². The molecule has 0 spiro atoms. The Hall–Kier alpha value is -2.42. The fourth-order valence-electron chi connectivity index (χ4n) is 2.15. The van der Waals surface area contributed by atoms with E-state index in [9.17, 15) is 5.11 Å². The maximum atomic E-state index is 9.66. The van der Waals surface area contributed by atoms with Crippen molar-refractivity contribution in [2.75, 3.05) is 0 Å². The van der Waals surface area contributed by atoms with Crippen molar-refractivity contribution in [2.45, 2.75) is 13.5 Å². The zero-order valence-electron chi connectivity index (χ0n) is 10.7. The quantitative estimate of drug-likeness (QED) is 0.746. The molecular weight excluding hydrogens is 238 g/mol. The summed E-state index contributed by atoms with van der Waals surface area (Å²) >= 11 is 0. The highest BCUT2D eigenvalue weighted by Gasteiger charge is 2.06. The van der Waals surface area contributed by atoms with Gasteiger partial charge in [-0.3, -0.25) is 0 Å². The van der Waals surface area contributed by atoms with E-state index >= 15 is 0 Å². The standard InChI is InChI=1S/C16H15NO2/c1-11-6-7-13-12(9-17-14(13)8-11)10-19-16-5-3-2-4-15(16)18/h2-9,17-18H,10H2,1H3. The Morgan fingerprint density at radius 3 is 2.84 bits per heavy atom. The molecule has 0 unspecified atom stereocenters. The number of aromatic hydroxyl groups is 1. The van der Waals surface area contributed by atoms with Crippen molar-refractivity contribution < 1.29 is 9.84 Å². The lowest BCUT2D eigenvalue weighted by Crippen LogP contribution is -1.94. The van der Waals surface area contributed by atoms with Gasteiger partial charge in [0.2, 0.25) is 0 Å². The number of benzene rings is 2. The number of ether oxygens (including phenoxy) is 1. The van der Waals surface area contributed by atoms with Gasteiger partial charge in [0.05, 0.1) is 0 Å². The second-order valence-electron chi connectivity index (χ2n) is 4.62. The number of aromatic nitrogens is 1. The minimum absolute atomic E-state index is 0.165. The van der Waals surface area contributed by atoms with E-state index in [1.807, 2.05) is 12.3 Å². The highest BCUT2D eigenvalue weighted by Crippen LogP contribution is 2.27. The van der Waals surface area contributed by atoms with Crippen molar-refractivity contribution in [3.63, 3.8) is 0 Å². The molecule has 0 aliphatic rings. The Morgan fingerprint density at radius 1 is 1.16 bits per heavy atom. The Bertz CT molecular complexity index is 716. The molecule has 19 heavy (non-hydrogen) atoms. The number of para-hydroxylation sites is 2. The Balaban J connectivity index is 1.84. The largest absolute Gasteiger partial charge is 0.504 e. The molecule has 0 saturated carbocycles. The zero-order valence-corrected chi connectivity index (χ0v) is 10.7. The van der Waals surface area contributed by atoms with Crippen LogP contribution in [-0.4, -0.2) is 10.1 Å². The SMILES string of the molecule is Cc1ccc2c(COc3ccccc3O)c[nH]c2c1. The van der Waals surface area contributed by atoms with Crippen LogP contribution < -0.4 is 4.74 Å². The van der Waals surface area contributed by atoms with Gasteiger partial charge in [-0.25, -0.2) is 0 Å². The molecule has 2 N–H and O–H groups in total. The Kier molecular flexibility index (Phi) is 2.88. The average Bonchev–Trinajstić information content (AvgIpc) is 2.80. The summed E-state index contributed by atoms with van der Waals surface area (Å²) in [6.45, 7) is 2.50. The van der Waals surface area contributed by atoms with E-state index in [-0.39, 0.29) is 5.75 Å². The van der Waals surface area contributed by atoms with E-state index in [2.05, 4.69) is 30.1 Å². The summed E-state index contributed by atoms with van der Waals surface area (Å²) in [6, 6.07) is 13.3. The lowest BCUT2D eigenvalue weighted by Gasteiger charge is -2.07. The fourth-order valence-corrected chi connectivity index (χ4v) is 2.15. The summed E-state index contributed by atoms with van der Waals surface area (Å²) in [4.78, 5) is 3.24. The summed E-state index contributed by atoms with van der Waals surface area (Å²) in [5.41, 5.74) is 3.41. The molecule has 3 aromatic rings. The molecule has 3 rings (SSSR count). The van der Waals surface area contributed by atoms with Gasteiger partial charge in [0.25, 0.3) is 0 Å². The van der Waals surface area contributed by atoms with E-state index in [1.165, 1.54) is 5.56 Å². The topological polar surface area (TPSA) is 45.2 Å². The Labute approximate surface area is 111 Å². The van der Waals surface area contributed by atoms with E-state index in [0.717, 1.165) is 16.5 Å². The average molecular weight is 253 g/mol. The number of phenolic OH excluding ortho intramolecular Hbond substituents is 1. The summed E-state index contributed by atoms with van der Waals surface area (Å²) in [5.74, 6) is 0.669. The second kappa shape index (κ2) is 4.69. The van der Waals surface area contributed by atoms with E-state index in [1.54, 1.807) is 18.2 Å². The van der Waals surface area contributed by atoms with Gasteiger partial charge in [-0.05, 0) is 30.7 Å². The summed E-state index contributed by atoms with van der Waals surface area (Å²) in [5, 5.41) is 10.8.